The van der Waals surface area contributed by atoms with Gasteiger partial charge >= 0.3 is 0 Å². The Kier molecular flexibility index (Phi) is 7.39. The van der Waals surface area contributed by atoms with Crippen LogP contribution in [0.1, 0.15) is 54.7 Å². The highest BCUT2D eigenvalue weighted by Gasteiger charge is 2.37. The van der Waals surface area contributed by atoms with Gasteiger partial charge in [0.25, 0.3) is 5.91 Å². The number of methoxy groups -OCH3 is 1. The molecule has 2 unspecified atom stereocenters. The van der Waals surface area contributed by atoms with Gasteiger partial charge in [0.2, 0.25) is 0 Å². The van der Waals surface area contributed by atoms with Gasteiger partial charge in [-0.05, 0) is 70.5 Å². The topological polar surface area (TPSA) is 44.8 Å². The molecule has 5 heteroatoms. The van der Waals surface area contributed by atoms with Gasteiger partial charge in [0.15, 0.2) is 0 Å². The zero-order chi connectivity index (χ0) is 22.6. The van der Waals surface area contributed by atoms with Crippen LogP contribution < -0.4 is 10.1 Å². The van der Waals surface area contributed by atoms with Crippen LogP contribution in [-0.2, 0) is 12.0 Å². The molecule has 0 aromatic heterocycles. The van der Waals surface area contributed by atoms with Crippen LogP contribution in [0.2, 0.25) is 0 Å². The van der Waals surface area contributed by atoms with E-state index in [4.69, 9.17) is 4.74 Å². The van der Waals surface area contributed by atoms with Crippen molar-refractivity contribution in [2.45, 2.75) is 45.7 Å². The second-order valence-corrected chi connectivity index (χ2v) is 8.82. The zero-order valence-corrected chi connectivity index (χ0v) is 19.9. The van der Waals surface area contributed by atoms with Gasteiger partial charge < -0.3 is 15.0 Å². The summed E-state index contributed by atoms with van der Waals surface area (Å²) in [5.41, 5.74) is 4.23. The summed E-state index contributed by atoms with van der Waals surface area (Å²) in [4.78, 5) is 16.8. The van der Waals surface area contributed by atoms with Gasteiger partial charge in [-0.2, -0.15) is 0 Å². The Morgan fingerprint density at radius 2 is 1.81 bits per heavy atom. The lowest BCUT2D eigenvalue weighted by atomic mass is 9.86. The number of piperazine rings is 1. The van der Waals surface area contributed by atoms with Crippen molar-refractivity contribution < 1.29 is 9.53 Å². The Morgan fingerprint density at radius 3 is 2.39 bits per heavy atom. The molecule has 1 aliphatic rings. The van der Waals surface area contributed by atoms with Gasteiger partial charge in [-0.1, -0.05) is 24.3 Å². The Hall–Kier alpha value is -2.37. The first-order valence-electron chi connectivity index (χ1n) is 11.3. The highest BCUT2D eigenvalue weighted by Crippen LogP contribution is 2.36. The molecular weight excluding hydrogens is 386 g/mol. The maximum absolute atomic E-state index is 12.5. The van der Waals surface area contributed by atoms with E-state index in [-0.39, 0.29) is 11.4 Å². The third-order valence-electron chi connectivity index (χ3n) is 6.69. The molecule has 0 radical (unpaired) electrons. The van der Waals surface area contributed by atoms with Crippen LogP contribution in [0.15, 0.2) is 42.5 Å². The minimum Gasteiger partial charge on any atom is -0.496 e. The highest BCUT2D eigenvalue weighted by molar-refractivity contribution is 5.94. The van der Waals surface area contributed by atoms with Gasteiger partial charge in [-0.3, -0.25) is 9.69 Å². The lowest BCUT2D eigenvalue weighted by Gasteiger charge is -2.46. The summed E-state index contributed by atoms with van der Waals surface area (Å²) in [7, 11) is 3.93. The fourth-order valence-electron chi connectivity index (χ4n) is 4.47. The van der Waals surface area contributed by atoms with Crippen LogP contribution >= 0.6 is 0 Å². The quantitative estimate of drug-likeness (QED) is 0.734. The minimum absolute atomic E-state index is 0.0929. The monoisotopic (exact) mass is 423 g/mol. The van der Waals surface area contributed by atoms with E-state index in [0.29, 0.717) is 6.04 Å². The maximum Gasteiger partial charge on any atom is 0.253 e. The molecule has 1 saturated heterocycles. The SMILES string of the molecule is CCN(CC)C(=O)c1ccc(Cc2ccc(C3(C)CNC(C)CN3C)c(OC)c2)cc1. The van der Waals surface area contributed by atoms with E-state index in [1.807, 2.05) is 30.9 Å². The maximum atomic E-state index is 12.5. The summed E-state index contributed by atoms with van der Waals surface area (Å²) >= 11 is 0. The molecule has 1 amide bonds. The van der Waals surface area contributed by atoms with Crippen molar-refractivity contribution in [1.29, 1.82) is 0 Å². The first-order valence-corrected chi connectivity index (χ1v) is 11.3. The highest BCUT2D eigenvalue weighted by atomic mass is 16.5. The number of likely N-dealkylation sites (N-methyl/N-ethyl adjacent to an activating group) is 1. The van der Waals surface area contributed by atoms with E-state index in [2.05, 4.69) is 61.4 Å². The molecular formula is C26H37N3O2. The summed E-state index contributed by atoms with van der Waals surface area (Å²) in [6.45, 7) is 11.9. The second kappa shape index (κ2) is 9.84. The number of carbonyl (C=O) groups is 1. The molecule has 5 nitrogen and oxygen atoms in total. The van der Waals surface area contributed by atoms with E-state index >= 15 is 0 Å². The van der Waals surface area contributed by atoms with Crippen molar-refractivity contribution in [2.75, 3.05) is 40.3 Å². The number of benzene rings is 2. The number of hydrogen-bond donors (Lipinski definition) is 1. The minimum atomic E-state index is -0.108. The third kappa shape index (κ3) is 4.94. The molecule has 1 N–H and O–H groups in total. The van der Waals surface area contributed by atoms with Crippen LogP contribution in [0.25, 0.3) is 0 Å². The standard InChI is InChI=1S/C26H37N3O2/c1-7-29(8-2)25(30)22-12-9-20(10-13-22)15-21-11-14-23(24(16-21)31-6)26(4)18-27-19(3)17-28(26)5/h9-14,16,19,27H,7-8,15,17-18H2,1-6H3. The number of hydrogen-bond acceptors (Lipinski definition) is 4. The average Bonchev–Trinajstić information content (AvgIpc) is 2.77. The van der Waals surface area contributed by atoms with Crippen molar-refractivity contribution >= 4 is 5.91 Å². The lowest BCUT2D eigenvalue weighted by Crippen LogP contribution is -2.59. The molecule has 0 bridgehead atoms. The lowest BCUT2D eigenvalue weighted by molar-refractivity contribution is 0.0773. The van der Waals surface area contributed by atoms with E-state index in [1.165, 1.54) is 16.7 Å². The predicted octanol–water partition coefficient (Wildman–Crippen LogP) is 3.91. The molecule has 2 atom stereocenters. The molecule has 3 rings (SSSR count). The predicted molar refractivity (Wildman–Crippen MR) is 127 cm³/mol. The van der Waals surface area contributed by atoms with Gasteiger partial charge in [-0.15, -0.1) is 0 Å². The first kappa shape index (κ1) is 23.3. The molecule has 0 saturated carbocycles. The number of nitrogens with one attached hydrogen (secondary N) is 1. The van der Waals surface area contributed by atoms with Gasteiger partial charge in [-0.25, -0.2) is 0 Å². The summed E-state index contributed by atoms with van der Waals surface area (Å²) in [6, 6.07) is 15.0. The Bertz CT molecular complexity index is 892. The number of nitrogens with zero attached hydrogens (tertiary/aromatic N) is 2. The number of ether oxygens (including phenoxy) is 1. The van der Waals surface area contributed by atoms with Gasteiger partial charge in [0.1, 0.15) is 5.75 Å². The van der Waals surface area contributed by atoms with Crippen LogP contribution in [0.5, 0.6) is 5.75 Å². The van der Waals surface area contributed by atoms with E-state index in [1.54, 1.807) is 7.11 Å². The van der Waals surface area contributed by atoms with Crippen LogP contribution in [0.4, 0.5) is 0 Å². The summed E-state index contributed by atoms with van der Waals surface area (Å²) < 4.78 is 5.81. The number of rotatable bonds is 7. The largest absolute Gasteiger partial charge is 0.496 e. The molecule has 1 aliphatic heterocycles. The van der Waals surface area contributed by atoms with E-state index < -0.39 is 0 Å². The molecule has 168 valence electrons. The Balaban J connectivity index is 1.78. The Labute approximate surface area is 187 Å². The number of amides is 1. The second-order valence-electron chi connectivity index (χ2n) is 8.82. The van der Waals surface area contributed by atoms with Crippen molar-refractivity contribution in [2.24, 2.45) is 0 Å². The van der Waals surface area contributed by atoms with Gasteiger partial charge in [0, 0.05) is 43.3 Å². The van der Waals surface area contributed by atoms with E-state index in [9.17, 15) is 4.79 Å². The average molecular weight is 424 g/mol. The fraction of sp³-hybridized carbons (Fsp3) is 0.500. The van der Waals surface area contributed by atoms with Gasteiger partial charge in [0.05, 0.1) is 12.6 Å². The van der Waals surface area contributed by atoms with Crippen molar-refractivity contribution in [3.05, 3.63) is 64.7 Å². The molecule has 1 heterocycles. The summed E-state index contributed by atoms with van der Waals surface area (Å²) in [5.74, 6) is 1.02. The molecule has 2 aromatic carbocycles. The zero-order valence-electron chi connectivity index (χ0n) is 19.9. The third-order valence-corrected chi connectivity index (χ3v) is 6.69. The van der Waals surface area contributed by atoms with Crippen LogP contribution in [-0.4, -0.2) is 62.1 Å². The molecule has 0 spiro atoms. The van der Waals surface area contributed by atoms with Crippen LogP contribution in [0, 0.1) is 0 Å². The first-order chi connectivity index (χ1) is 14.8. The summed E-state index contributed by atoms with van der Waals surface area (Å²) in [5, 5.41) is 3.61. The Morgan fingerprint density at radius 1 is 1.16 bits per heavy atom. The van der Waals surface area contributed by atoms with Crippen LogP contribution in [0.3, 0.4) is 0 Å². The smallest absolute Gasteiger partial charge is 0.253 e. The molecule has 0 aliphatic carbocycles. The summed E-state index contributed by atoms with van der Waals surface area (Å²) in [6.07, 6.45) is 0.804. The molecule has 31 heavy (non-hydrogen) atoms. The molecule has 2 aromatic rings. The number of carbonyl (C=O) groups excluding carboxylic acids is 1. The normalized spacial score (nSPS) is 21.7. The van der Waals surface area contributed by atoms with Crippen molar-refractivity contribution in [3.63, 3.8) is 0 Å². The van der Waals surface area contributed by atoms with E-state index in [0.717, 1.165) is 43.9 Å². The van der Waals surface area contributed by atoms with Crippen molar-refractivity contribution in [1.82, 2.24) is 15.1 Å². The van der Waals surface area contributed by atoms with Crippen molar-refractivity contribution in [3.8, 4) is 5.75 Å². The fourth-order valence-corrected chi connectivity index (χ4v) is 4.47. The molecule has 1 fully saturated rings.